The Labute approximate surface area is 169 Å². The van der Waals surface area contributed by atoms with Gasteiger partial charge in [0.2, 0.25) is 0 Å². The van der Waals surface area contributed by atoms with Gasteiger partial charge in [-0.2, -0.15) is 0 Å². The van der Waals surface area contributed by atoms with Crippen LogP contribution in [0.2, 0.25) is 0 Å². The second-order valence-electron chi connectivity index (χ2n) is 6.80. The summed E-state index contributed by atoms with van der Waals surface area (Å²) in [7, 11) is 1.82. The fourth-order valence-corrected chi connectivity index (χ4v) is 3.39. The molecule has 1 heterocycles. The number of rotatable bonds is 6. The fourth-order valence-electron chi connectivity index (χ4n) is 3.13. The lowest BCUT2D eigenvalue weighted by Gasteiger charge is -2.27. The molecule has 0 spiro atoms. The molecule has 144 valence electrons. The van der Waals surface area contributed by atoms with Crippen molar-refractivity contribution in [2.75, 3.05) is 33.4 Å². The van der Waals surface area contributed by atoms with Crippen LogP contribution in [0.4, 0.5) is 4.79 Å². The average molecular weight is 432 g/mol. The molecule has 0 atom stereocenters. The van der Waals surface area contributed by atoms with Crippen LogP contribution in [0.5, 0.6) is 0 Å². The SMILES string of the molecule is CN(Cc1ccc(Br)cc1)C(=O)NCc1ccccc1CN1CCOCC1. The van der Waals surface area contributed by atoms with Gasteiger partial charge in [0, 0.05) is 44.2 Å². The highest BCUT2D eigenvalue weighted by atomic mass is 79.9. The number of ether oxygens (including phenoxy) is 1. The smallest absolute Gasteiger partial charge is 0.317 e. The molecular weight excluding hydrogens is 406 g/mol. The van der Waals surface area contributed by atoms with Crippen molar-refractivity contribution in [1.82, 2.24) is 15.1 Å². The quantitative estimate of drug-likeness (QED) is 0.759. The Morgan fingerprint density at radius 3 is 2.48 bits per heavy atom. The van der Waals surface area contributed by atoms with Gasteiger partial charge < -0.3 is 15.0 Å². The molecule has 1 fully saturated rings. The predicted molar refractivity (Wildman–Crippen MR) is 110 cm³/mol. The summed E-state index contributed by atoms with van der Waals surface area (Å²) in [4.78, 5) is 16.6. The van der Waals surface area contributed by atoms with Crippen LogP contribution in [0.1, 0.15) is 16.7 Å². The summed E-state index contributed by atoms with van der Waals surface area (Å²) >= 11 is 3.43. The summed E-state index contributed by atoms with van der Waals surface area (Å²) in [6, 6.07) is 16.3. The van der Waals surface area contributed by atoms with Crippen molar-refractivity contribution in [3.8, 4) is 0 Å². The number of urea groups is 1. The van der Waals surface area contributed by atoms with E-state index in [2.05, 4.69) is 44.3 Å². The number of halogens is 1. The zero-order valence-electron chi connectivity index (χ0n) is 15.7. The van der Waals surface area contributed by atoms with Crippen LogP contribution >= 0.6 is 15.9 Å². The number of carbonyl (C=O) groups excluding carboxylic acids is 1. The monoisotopic (exact) mass is 431 g/mol. The highest BCUT2D eigenvalue weighted by Crippen LogP contribution is 2.14. The molecule has 2 aromatic carbocycles. The van der Waals surface area contributed by atoms with Crippen molar-refractivity contribution in [2.45, 2.75) is 19.6 Å². The van der Waals surface area contributed by atoms with E-state index in [1.54, 1.807) is 4.90 Å². The third kappa shape index (κ3) is 6.06. The van der Waals surface area contributed by atoms with Crippen molar-refractivity contribution < 1.29 is 9.53 Å². The minimum Gasteiger partial charge on any atom is -0.379 e. The van der Waals surface area contributed by atoms with E-state index in [1.165, 1.54) is 5.56 Å². The summed E-state index contributed by atoms with van der Waals surface area (Å²) in [5.41, 5.74) is 3.52. The Hall–Kier alpha value is -1.89. The molecule has 1 aliphatic rings. The van der Waals surface area contributed by atoms with Crippen molar-refractivity contribution in [3.05, 3.63) is 69.7 Å². The van der Waals surface area contributed by atoms with Gasteiger partial charge in [0.1, 0.15) is 0 Å². The Balaban J connectivity index is 1.54. The molecule has 2 aromatic rings. The van der Waals surface area contributed by atoms with Gasteiger partial charge >= 0.3 is 6.03 Å². The van der Waals surface area contributed by atoms with Crippen LogP contribution in [0, 0.1) is 0 Å². The molecule has 2 amide bonds. The fraction of sp³-hybridized carbons (Fsp3) is 0.381. The van der Waals surface area contributed by atoms with E-state index in [0.29, 0.717) is 13.1 Å². The van der Waals surface area contributed by atoms with Crippen LogP contribution < -0.4 is 5.32 Å². The van der Waals surface area contributed by atoms with E-state index in [0.717, 1.165) is 48.4 Å². The summed E-state index contributed by atoms with van der Waals surface area (Å²) in [6.45, 7) is 5.50. The molecular formula is C21H26BrN3O2. The van der Waals surface area contributed by atoms with Crippen molar-refractivity contribution in [2.24, 2.45) is 0 Å². The Morgan fingerprint density at radius 2 is 1.78 bits per heavy atom. The lowest BCUT2D eigenvalue weighted by molar-refractivity contribution is 0.0341. The molecule has 0 aliphatic carbocycles. The van der Waals surface area contributed by atoms with Gasteiger partial charge in [0.25, 0.3) is 0 Å². The molecule has 6 heteroatoms. The topological polar surface area (TPSA) is 44.8 Å². The van der Waals surface area contributed by atoms with Crippen molar-refractivity contribution in [1.29, 1.82) is 0 Å². The third-order valence-electron chi connectivity index (χ3n) is 4.73. The molecule has 3 rings (SSSR count). The highest BCUT2D eigenvalue weighted by molar-refractivity contribution is 9.10. The molecule has 1 aliphatic heterocycles. The lowest BCUT2D eigenvalue weighted by atomic mass is 10.1. The van der Waals surface area contributed by atoms with Crippen molar-refractivity contribution >= 4 is 22.0 Å². The van der Waals surface area contributed by atoms with E-state index in [9.17, 15) is 4.79 Å². The minimum atomic E-state index is -0.0703. The molecule has 0 radical (unpaired) electrons. The van der Waals surface area contributed by atoms with Crippen LogP contribution in [-0.4, -0.2) is 49.2 Å². The molecule has 0 unspecified atom stereocenters. The molecule has 0 saturated carbocycles. The minimum absolute atomic E-state index is 0.0703. The largest absolute Gasteiger partial charge is 0.379 e. The molecule has 0 aromatic heterocycles. The number of hydrogen-bond acceptors (Lipinski definition) is 3. The maximum Gasteiger partial charge on any atom is 0.317 e. The standard InChI is InChI=1S/C21H26BrN3O2/c1-24(15-17-6-8-20(22)9-7-17)21(26)23-14-18-4-2-3-5-19(18)16-25-10-12-27-13-11-25/h2-9H,10-16H2,1H3,(H,23,26). The van der Waals surface area contributed by atoms with Gasteiger partial charge in [-0.1, -0.05) is 52.3 Å². The average Bonchev–Trinajstić information content (AvgIpc) is 2.69. The molecule has 27 heavy (non-hydrogen) atoms. The first kappa shape index (κ1) is 19.9. The maximum atomic E-state index is 12.5. The molecule has 5 nitrogen and oxygen atoms in total. The van der Waals surface area contributed by atoms with E-state index >= 15 is 0 Å². The zero-order valence-corrected chi connectivity index (χ0v) is 17.2. The highest BCUT2D eigenvalue weighted by Gasteiger charge is 2.14. The molecule has 1 saturated heterocycles. The van der Waals surface area contributed by atoms with Gasteiger partial charge in [0.15, 0.2) is 0 Å². The van der Waals surface area contributed by atoms with Crippen LogP contribution in [0.3, 0.4) is 0 Å². The molecule has 0 bridgehead atoms. The summed E-state index contributed by atoms with van der Waals surface area (Å²) in [5.74, 6) is 0. The first-order valence-corrected chi connectivity index (χ1v) is 10.0. The summed E-state index contributed by atoms with van der Waals surface area (Å²) in [5, 5.41) is 3.04. The predicted octanol–water partition coefficient (Wildman–Crippen LogP) is 3.62. The second-order valence-corrected chi connectivity index (χ2v) is 7.71. The van der Waals surface area contributed by atoms with E-state index in [1.807, 2.05) is 37.4 Å². The van der Waals surface area contributed by atoms with Gasteiger partial charge in [-0.3, -0.25) is 4.90 Å². The Kier molecular flexibility index (Phi) is 7.26. The summed E-state index contributed by atoms with van der Waals surface area (Å²) < 4.78 is 6.46. The number of hydrogen-bond donors (Lipinski definition) is 1. The lowest BCUT2D eigenvalue weighted by Crippen LogP contribution is -2.37. The van der Waals surface area contributed by atoms with Gasteiger partial charge in [-0.05, 0) is 28.8 Å². The number of nitrogens with one attached hydrogen (secondary N) is 1. The van der Waals surface area contributed by atoms with E-state index in [-0.39, 0.29) is 6.03 Å². The first-order chi connectivity index (χ1) is 13.1. The van der Waals surface area contributed by atoms with Gasteiger partial charge in [0.05, 0.1) is 13.2 Å². The maximum absolute atomic E-state index is 12.5. The van der Waals surface area contributed by atoms with Crippen molar-refractivity contribution in [3.63, 3.8) is 0 Å². The van der Waals surface area contributed by atoms with E-state index in [4.69, 9.17) is 4.74 Å². The zero-order chi connectivity index (χ0) is 19.1. The second kappa shape index (κ2) is 9.88. The van der Waals surface area contributed by atoms with Gasteiger partial charge in [-0.25, -0.2) is 4.79 Å². The van der Waals surface area contributed by atoms with Crippen LogP contribution in [0.25, 0.3) is 0 Å². The summed E-state index contributed by atoms with van der Waals surface area (Å²) in [6.07, 6.45) is 0. The first-order valence-electron chi connectivity index (χ1n) is 9.22. The van der Waals surface area contributed by atoms with Crippen LogP contribution in [0.15, 0.2) is 53.0 Å². The Morgan fingerprint density at radius 1 is 1.11 bits per heavy atom. The third-order valence-corrected chi connectivity index (χ3v) is 5.25. The number of amides is 2. The van der Waals surface area contributed by atoms with Gasteiger partial charge in [-0.15, -0.1) is 0 Å². The normalized spacial score (nSPS) is 14.7. The number of benzene rings is 2. The number of carbonyl (C=O) groups is 1. The molecule has 1 N–H and O–H groups in total. The van der Waals surface area contributed by atoms with E-state index < -0.39 is 0 Å². The van der Waals surface area contributed by atoms with Crippen LogP contribution in [-0.2, 0) is 24.4 Å². The number of nitrogens with zero attached hydrogens (tertiary/aromatic N) is 2. The Bertz CT molecular complexity index is 745. The number of morpholine rings is 1.